The lowest BCUT2D eigenvalue weighted by molar-refractivity contribution is -0.190. The zero-order valence-electron chi connectivity index (χ0n) is 24.9. The summed E-state index contributed by atoms with van der Waals surface area (Å²) < 4.78 is 33.2. The second-order valence-corrected chi connectivity index (χ2v) is 11.2. The number of hydrogen-bond acceptors (Lipinski definition) is 12. The fourth-order valence-electron chi connectivity index (χ4n) is 4.60. The average molecular weight is 617 g/mol. The molecule has 1 fully saturated rings. The van der Waals surface area contributed by atoms with Gasteiger partial charge >= 0.3 is 29.8 Å². The van der Waals surface area contributed by atoms with E-state index in [1.54, 1.807) is 18.2 Å². The Morgan fingerprint density at radius 2 is 1.33 bits per heavy atom. The molecule has 43 heavy (non-hydrogen) atoms. The van der Waals surface area contributed by atoms with Crippen LogP contribution in [0.5, 0.6) is 5.75 Å². The molecule has 0 aliphatic carbocycles. The molecule has 5 atom stereocenters. The maximum atomic E-state index is 12.4. The monoisotopic (exact) mass is 616 g/mol. The van der Waals surface area contributed by atoms with Gasteiger partial charge in [0.25, 0.3) is 0 Å². The number of benzene rings is 2. The molecule has 12 heteroatoms. The third-order valence-electron chi connectivity index (χ3n) is 6.50. The predicted octanol–water partition coefficient (Wildman–Crippen LogP) is 3.80. The Balaban J connectivity index is 2.07. The smallest absolute Gasteiger partial charge is 0.337 e. The molecule has 11 nitrogen and oxygen atoms in total. The summed E-state index contributed by atoms with van der Waals surface area (Å²) in [6.45, 7) is 6.63. The Kier molecular flexibility index (Phi) is 12.0. The van der Waals surface area contributed by atoms with Crippen molar-refractivity contribution in [2.45, 2.75) is 76.5 Å². The fourth-order valence-corrected chi connectivity index (χ4v) is 5.98. The van der Waals surface area contributed by atoms with Crippen molar-refractivity contribution < 1.29 is 52.4 Å². The molecule has 3 rings (SSSR count). The summed E-state index contributed by atoms with van der Waals surface area (Å²) in [4.78, 5) is 60.5. The maximum Gasteiger partial charge on any atom is 0.337 e. The molecule has 0 unspecified atom stereocenters. The minimum atomic E-state index is -1.28. The van der Waals surface area contributed by atoms with Crippen molar-refractivity contribution >= 4 is 41.6 Å². The number of ether oxygens (including phenoxy) is 6. The summed E-state index contributed by atoms with van der Waals surface area (Å²) in [6, 6.07) is 12.8. The zero-order valence-corrected chi connectivity index (χ0v) is 25.8. The van der Waals surface area contributed by atoms with Crippen LogP contribution in [-0.4, -0.2) is 72.6 Å². The number of rotatable bonds is 11. The minimum Gasteiger partial charge on any atom is -0.475 e. The van der Waals surface area contributed by atoms with Crippen LogP contribution in [0.1, 0.15) is 61.7 Å². The highest BCUT2D eigenvalue weighted by Crippen LogP contribution is 2.40. The topological polar surface area (TPSA) is 141 Å². The molecule has 0 aromatic heterocycles. The predicted molar refractivity (Wildman–Crippen MR) is 155 cm³/mol. The van der Waals surface area contributed by atoms with E-state index in [0.29, 0.717) is 23.3 Å². The number of thioether (sulfide) groups is 1. The summed E-state index contributed by atoms with van der Waals surface area (Å²) >= 11 is 1.10. The lowest BCUT2D eigenvalue weighted by Gasteiger charge is -2.43. The summed E-state index contributed by atoms with van der Waals surface area (Å²) in [5.41, 5.74) is 2.06. The molecule has 1 aliphatic rings. The Morgan fingerprint density at radius 3 is 1.88 bits per heavy atom. The first kappa shape index (κ1) is 33.4. The van der Waals surface area contributed by atoms with Gasteiger partial charge in [0.05, 0.1) is 17.9 Å². The Morgan fingerprint density at radius 1 is 0.744 bits per heavy atom. The van der Waals surface area contributed by atoms with Gasteiger partial charge in [0, 0.05) is 34.1 Å². The van der Waals surface area contributed by atoms with Gasteiger partial charge in [-0.05, 0) is 41.3 Å². The van der Waals surface area contributed by atoms with E-state index in [4.69, 9.17) is 28.4 Å². The van der Waals surface area contributed by atoms with Crippen LogP contribution in [0, 0.1) is 0 Å². The lowest BCUT2D eigenvalue weighted by Crippen LogP contribution is -2.59. The normalized spacial score (nSPS) is 21.2. The van der Waals surface area contributed by atoms with Crippen molar-refractivity contribution in [2.24, 2.45) is 0 Å². The molecule has 0 bridgehead atoms. The average Bonchev–Trinajstić information content (AvgIpc) is 2.95. The van der Waals surface area contributed by atoms with Crippen molar-refractivity contribution in [3.05, 3.63) is 64.7 Å². The van der Waals surface area contributed by atoms with Crippen molar-refractivity contribution in [3.8, 4) is 5.75 Å². The molecular formula is C31H36O11S. The molecule has 1 aliphatic heterocycles. The van der Waals surface area contributed by atoms with E-state index in [9.17, 15) is 24.0 Å². The molecule has 0 spiro atoms. The number of carbonyl (C=O) groups is 5. The van der Waals surface area contributed by atoms with E-state index in [2.05, 4.69) is 6.92 Å². The first-order valence-corrected chi connectivity index (χ1v) is 14.6. The molecule has 0 amide bonds. The minimum absolute atomic E-state index is 0.208. The quantitative estimate of drug-likeness (QED) is 0.268. The molecule has 1 saturated heterocycles. The van der Waals surface area contributed by atoms with Gasteiger partial charge in [-0.25, -0.2) is 4.79 Å². The number of aryl methyl sites for hydroxylation is 1. The first-order valence-electron chi connectivity index (χ1n) is 13.7. The van der Waals surface area contributed by atoms with Gasteiger partial charge in [-0.2, -0.15) is 0 Å². The van der Waals surface area contributed by atoms with Crippen LogP contribution in [0.2, 0.25) is 0 Å². The third kappa shape index (κ3) is 9.47. The molecule has 0 N–H and O–H groups in total. The Hall–Kier alpha value is -4.06. The standard InChI is InChI=1S/C31H36O11S/c1-7-21-8-10-22(11-9-21)14-24-15-23(30(36)37-6)12-13-25(24)42-31-29(41-20(5)35)28(40-19(4)34)27(39-18(3)33)26(43-31)16-38-17(2)32/h8-13,15,26-29,31H,7,14,16H2,1-6H3/t26-,27+,28-,29+,31-/m0/s1. The fraction of sp³-hybridized carbons (Fsp3) is 0.452. The Bertz CT molecular complexity index is 1320. The van der Waals surface area contributed by atoms with Crippen molar-refractivity contribution in [2.75, 3.05) is 13.7 Å². The van der Waals surface area contributed by atoms with E-state index in [1.165, 1.54) is 40.4 Å². The molecule has 0 radical (unpaired) electrons. The summed E-state index contributed by atoms with van der Waals surface area (Å²) in [6.07, 6.45) is -2.36. The summed E-state index contributed by atoms with van der Waals surface area (Å²) in [7, 11) is 1.29. The SMILES string of the molecule is CCc1ccc(Cc2cc(C(=O)OC)ccc2O[C@H]2S[C@@H](COC(C)=O)[C@@H](OC(C)=O)[C@H](OC(C)=O)[C@H]2OC(C)=O)cc1. The number of hydrogen-bond donors (Lipinski definition) is 0. The van der Waals surface area contributed by atoms with E-state index in [-0.39, 0.29) is 6.61 Å². The Labute approximate surface area is 254 Å². The second-order valence-electron chi connectivity index (χ2n) is 9.85. The number of carbonyl (C=O) groups excluding carboxylic acids is 5. The van der Waals surface area contributed by atoms with Crippen molar-refractivity contribution in [1.29, 1.82) is 0 Å². The van der Waals surface area contributed by atoms with Crippen LogP contribution in [0.4, 0.5) is 0 Å². The van der Waals surface area contributed by atoms with Crippen LogP contribution in [0.3, 0.4) is 0 Å². The van der Waals surface area contributed by atoms with Crippen LogP contribution in [-0.2, 0) is 55.7 Å². The highest BCUT2D eigenvalue weighted by molar-refractivity contribution is 8.00. The van der Waals surface area contributed by atoms with Gasteiger partial charge in [-0.3, -0.25) is 19.2 Å². The summed E-state index contributed by atoms with van der Waals surface area (Å²) in [5, 5.41) is -0.756. The van der Waals surface area contributed by atoms with Crippen LogP contribution >= 0.6 is 11.8 Å². The van der Waals surface area contributed by atoms with Crippen molar-refractivity contribution in [1.82, 2.24) is 0 Å². The third-order valence-corrected chi connectivity index (χ3v) is 7.89. The molecule has 0 saturated carbocycles. The highest BCUT2D eigenvalue weighted by Gasteiger charge is 2.53. The second kappa shape index (κ2) is 15.4. The summed E-state index contributed by atoms with van der Waals surface area (Å²) in [5.74, 6) is -2.81. The van der Waals surface area contributed by atoms with Gasteiger partial charge in [0.15, 0.2) is 23.7 Å². The maximum absolute atomic E-state index is 12.4. The van der Waals surface area contributed by atoms with Gasteiger partial charge < -0.3 is 28.4 Å². The van der Waals surface area contributed by atoms with Gasteiger partial charge in [0.1, 0.15) is 12.4 Å². The van der Waals surface area contributed by atoms with Crippen LogP contribution in [0.25, 0.3) is 0 Å². The van der Waals surface area contributed by atoms with Gasteiger partial charge in [-0.15, -0.1) is 11.8 Å². The first-order chi connectivity index (χ1) is 20.4. The zero-order chi connectivity index (χ0) is 31.7. The molecule has 2 aromatic rings. The van der Waals surface area contributed by atoms with E-state index < -0.39 is 58.8 Å². The van der Waals surface area contributed by atoms with Crippen molar-refractivity contribution in [3.63, 3.8) is 0 Å². The van der Waals surface area contributed by atoms with E-state index >= 15 is 0 Å². The lowest BCUT2D eigenvalue weighted by atomic mass is 10.00. The van der Waals surface area contributed by atoms with E-state index in [1.807, 2.05) is 24.3 Å². The molecule has 232 valence electrons. The van der Waals surface area contributed by atoms with Gasteiger partial charge in [-0.1, -0.05) is 31.2 Å². The molecule has 1 heterocycles. The van der Waals surface area contributed by atoms with Crippen LogP contribution in [0.15, 0.2) is 42.5 Å². The number of methoxy groups -OCH3 is 1. The molecule has 2 aromatic carbocycles. The van der Waals surface area contributed by atoms with Crippen LogP contribution < -0.4 is 4.74 Å². The largest absolute Gasteiger partial charge is 0.475 e. The number of esters is 5. The highest BCUT2D eigenvalue weighted by atomic mass is 32.2. The van der Waals surface area contributed by atoms with E-state index in [0.717, 1.165) is 23.7 Å². The van der Waals surface area contributed by atoms with Gasteiger partial charge in [0.2, 0.25) is 0 Å². The molecular weight excluding hydrogens is 580 g/mol.